The van der Waals surface area contributed by atoms with Crippen molar-refractivity contribution in [2.45, 2.75) is 322 Å². The van der Waals surface area contributed by atoms with Gasteiger partial charge in [-0.2, -0.15) is 0 Å². The molecular weight excluding hydrogens is 925 g/mol. The van der Waals surface area contributed by atoms with Crippen LogP contribution in [0.4, 0.5) is 0 Å². The molecule has 6 heteroatoms. The van der Waals surface area contributed by atoms with Crippen LogP contribution in [-0.4, -0.2) is 37.2 Å². The molecule has 0 heterocycles. The molecule has 0 unspecified atom stereocenters. The lowest BCUT2D eigenvalue weighted by atomic mass is 10.1. The normalized spacial score (nSPS) is 12.6. The van der Waals surface area contributed by atoms with Crippen molar-refractivity contribution in [1.29, 1.82) is 0 Å². The van der Waals surface area contributed by atoms with Gasteiger partial charge in [0.2, 0.25) is 0 Å². The maximum atomic E-state index is 12.9. The number of rotatable bonds is 58. The van der Waals surface area contributed by atoms with Crippen LogP contribution in [0.5, 0.6) is 0 Å². The van der Waals surface area contributed by atoms with E-state index in [2.05, 4.69) is 106 Å². The number of hydrogen-bond acceptors (Lipinski definition) is 6. The van der Waals surface area contributed by atoms with Crippen LogP contribution in [0.15, 0.2) is 85.1 Å². The average molecular weight is 1050 g/mol. The molecule has 432 valence electrons. The molecule has 0 fully saturated rings. The molecule has 0 aliphatic rings. The number of unbranched alkanes of at least 4 members (excludes halogenated alkanes) is 33. The molecule has 1 atom stereocenters. The van der Waals surface area contributed by atoms with E-state index in [9.17, 15) is 14.4 Å². The standard InChI is InChI=1S/C69H120O6/c1-4-7-10-13-16-19-22-25-28-31-34-37-40-43-46-49-52-55-58-61-67(70)73-64-66(75-69(72)63-60-57-54-51-48-45-42-39-36-33-30-27-24-21-18-15-12-9-6-3)65-74-68(71)62-59-56-53-50-47-44-41-38-35-32-29-26-23-20-17-14-11-8-5-2/h16,18-19,21,25-30,34,37,43,46,66H,4-15,17,20,22-24,31-33,35-36,38-42,44-45,47-65H2,1-3H3/b19-16-,21-18-,28-25-,29-26-,30-27-,37-34-,46-43-/t66-/m0/s1. The molecule has 0 saturated carbocycles. The molecular formula is C69H120O6. The fourth-order valence-corrected chi connectivity index (χ4v) is 8.98. The zero-order valence-electron chi connectivity index (χ0n) is 49.6. The minimum Gasteiger partial charge on any atom is -0.462 e. The Labute approximate surface area is 465 Å². The molecule has 0 spiro atoms. The molecule has 0 bridgehead atoms. The van der Waals surface area contributed by atoms with E-state index in [1.807, 2.05) is 0 Å². The second-order valence-corrected chi connectivity index (χ2v) is 21.3. The van der Waals surface area contributed by atoms with Crippen molar-refractivity contribution >= 4 is 17.9 Å². The van der Waals surface area contributed by atoms with Gasteiger partial charge >= 0.3 is 17.9 Å². The van der Waals surface area contributed by atoms with Gasteiger partial charge in [-0.3, -0.25) is 14.4 Å². The summed E-state index contributed by atoms with van der Waals surface area (Å²) in [5, 5.41) is 0. The molecule has 0 radical (unpaired) electrons. The Morgan fingerprint density at radius 3 is 0.800 bits per heavy atom. The fraction of sp³-hybridized carbons (Fsp3) is 0.754. The van der Waals surface area contributed by atoms with Gasteiger partial charge in [-0.1, -0.05) is 260 Å². The predicted octanol–water partition coefficient (Wildman–Crippen LogP) is 21.9. The molecule has 6 nitrogen and oxygen atoms in total. The summed E-state index contributed by atoms with van der Waals surface area (Å²) < 4.78 is 16.9. The lowest BCUT2D eigenvalue weighted by Crippen LogP contribution is -2.30. The van der Waals surface area contributed by atoms with Crippen molar-refractivity contribution in [3.63, 3.8) is 0 Å². The van der Waals surface area contributed by atoms with E-state index < -0.39 is 6.10 Å². The van der Waals surface area contributed by atoms with Crippen LogP contribution in [0.3, 0.4) is 0 Å². The summed E-state index contributed by atoms with van der Waals surface area (Å²) in [6.07, 6.45) is 82.9. The average Bonchev–Trinajstić information content (AvgIpc) is 3.41. The van der Waals surface area contributed by atoms with E-state index in [0.29, 0.717) is 19.3 Å². The minimum atomic E-state index is -0.795. The van der Waals surface area contributed by atoms with E-state index >= 15 is 0 Å². The van der Waals surface area contributed by atoms with Gasteiger partial charge in [-0.15, -0.1) is 0 Å². The second kappa shape index (κ2) is 63.1. The first-order valence-corrected chi connectivity index (χ1v) is 32.1. The Hall–Kier alpha value is -3.41. The van der Waals surface area contributed by atoms with E-state index in [-0.39, 0.29) is 31.1 Å². The number of hydrogen-bond donors (Lipinski definition) is 0. The highest BCUT2D eigenvalue weighted by atomic mass is 16.6. The quantitative estimate of drug-likeness (QED) is 0.0261. The number of allylic oxidation sites excluding steroid dienone is 14. The summed E-state index contributed by atoms with van der Waals surface area (Å²) in [7, 11) is 0. The largest absolute Gasteiger partial charge is 0.462 e. The molecule has 75 heavy (non-hydrogen) atoms. The Balaban J connectivity index is 4.44. The third kappa shape index (κ3) is 61.3. The second-order valence-electron chi connectivity index (χ2n) is 21.3. The van der Waals surface area contributed by atoms with E-state index in [1.54, 1.807) is 0 Å². The molecule has 0 aliphatic heterocycles. The van der Waals surface area contributed by atoms with Crippen molar-refractivity contribution < 1.29 is 28.6 Å². The van der Waals surface area contributed by atoms with Crippen LogP contribution >= 0.6 is 0 Å². The van der Waals surface area contributed by atoms with Crippen molar-refractivity contribution in [2.75, 3.05) is 13.2 Å². The van der Waals surface area contributed by atoms with Crippen molar-refractivity contribution in [1.82, 2.24) is 0 Å². The van der Waals surface area contributed by atoms with Crippen molar-refractivity contribution in [2.24, 2.45) is 0 Å². The highest BCUT2D eigenvalue weighted by molar-refractivity contribution is 5.71. The molecule has 0 rings (SSSR count). The van der Waals surface area contributed by atoms with E-state index in [1.165, 1.54) is 186 Å². The highest BCUT2D eigenvalue weighted by Crippen LogP contribution is 2.16. The molecule has 0 amide bonds. The molecule has 0 aromatic rings. The first-order valence-electron chi connectivity index (χ1n) is 32.1. The maximum Gasteiger partial charge on any atom is 0.306 e. The molecule has 0 aromatic carbocycles. The van der Waals surface area contributed by atoms with E-state index in [4.69, 9.17) is 14.2 Å². The van der Waals surface area contributed by atoms with Crippen LogP contribution in [0.2, 0.25) is 0 Å². The highest BCUT2D eigenvalue weighted by Gasteiger charge is 2.19. The fourth-order valence-electron chi connectivity index (χ4n) is 8.98. The van der Waals surface area contributed by atoms with Gasteiger partial charge in [0.15, 0.2) is 6.10 Å². The maximum absolute atomic E-state index is 12.9. The molecule has 0 aromatic heterocycles. The Kier molecular flexibility index (Phi) is 60.3. The number of carbonyl (C=O) groups excluding carboxylic acids is 3. The zero-order valence-corrected chi connectivity index (χ0v) is 49.6. The minimum absolute atomic E-state index is 0.0886. The van der Waals surface area contributed by atoms with Gasteiger partial charge in [-0.05, 0) is 122 Å². The SMILES string of the molecule is CCCCC/C=C\C/C=C\C/C=C\C/C=C\CCCCCC(=O)OC[C@@H](COC(=O)CCCCCCCCCCC/C=C\CCCCCCCC)OC(=O)CCCCCCCCCCC/C=C\C/C=C\CCCCC. The summed E-state index contributed by atoms with van der Waals surface area (Å²) in [5.74, 6) is -0.915. The summed E-state index contributed by atoms with van der Waals surface area (Å²) >= 11 is 0. The lowest BCUT2D eigenvalue weighted by Gasteiger charge is -2.18. The number of esters is 3. The molecule has 0 N–H and O–H groups in total. The van der Waals surface area contributed by atoms with Crippen molar-refractivity contribution in [3.8, 4) is 0 Å². The Morgan fingerprint density at radius 2 is 0.480 bits per heavy atom. The van der Waals surface area contributed by atoms with Gasteiger partial charge in [0.05, 0.1) is 0 Å². The first kappa shape index (κ1) is 71.6. The number of carbonyl (C=O) groups is 3. The van der Waals surface area contributed by atoms with Gasteiger partial charge < -0.3 is 14.2 Å². The van der Waals surface area contributed by atoms with Crippen LogP contribution in [0.1, 0.15) is 316 Å². The van der Waals surface area contributed by atoms with Gasteiger partial charge in [0.25, 0.3) is 0 Å². The topological polar surface area (TPSA) is 78.9 Å². The van der Waals surface area contributed by atoms with Gasteiger partial charge in [0.1, 0.15) is 13.2 Å². The summed E-state index contributed by atoms with van der Waals surface area (Å²) in [5.41, 5.74) is 0. The van der Waals surface area contributed by atoms with Crippen LogP contribution in [0, 0.1) is 0 Å². The van der Waals surface area contributed by atoms with E-state index in [0.717, 1.165) is 89.9 Å². The van der Waals surface area contributed by atoms with Crippen LogP contribution in [-0.2, 0) is 28.6 Å². The third-order valence-electron chi connectivity index (χ3n) is 13.8. The Bertz CT molecular complexity index is 1430. The smallest absolute Gasteiger partial charge is 0.306 e. The molecule has 0 aliphatic carbocycles. The van der Waals surface area contributed by atoms with Crippen LogP contribution < -0.4 is 0 Å². The predicted molar refractivity (Wildman–Crippen MR) is 325 cm³/mol. The lowest BCUT2D eigenvalue weighted by molar-refractivity contribution is -0.167. The molecule has 0 saturated heterocycles. The Morgan fingerprint density at radius 1 is 0.267 bits per heavy atom. The number of ether oxygens (including phenoxy) is 3. The third-order valence-corrected chi connectivity index (χ3v) is 13.8. The van der Waals surface area contributed by atoms with Gasteiger partial charge in [-0.25, -0.2) is 0 Å². The summed E-state index contributed by atoms with van der Waals surface area (Å²) in [6, 6.07) is 0. The monoisotopic (exact) mass is 1040 g/mol. The van der Waals surface area contributed by atoms with Gasteiger partial charge in [0, 0.05) is 19.3 Å². The van der Waals surface area contributed by atoms with Crippen LogP contribution in [0.25, 0.3) is 0 Å². The summed E-state index contributed by atoms with van der Waals surface area (Å²) in [6.45, 7) is 6.58. The van der Waals surface area contributed by atoms with Crippen molar-refractivity contribution in [3.05, 3.63) is 85.1 Å². The summed E-state index contributed by atoms with van der Waals surface area (Å²) in [4.78, 5) is 38.3. The zero-order chi connectivity index (χ0) is 54.3. The first-order chi connectivity index (χ1) is 37.0.